The lowest BCUT2D eigenvalue weighted by Crippen LogP contribution is -2.37. The summed E-state index contributed by atoms with van der Waals surface area (Å²) < 4.78 is 1.89. The summed E-state index contributed by atoms with van der Waals surface area (Å²) in [5.41, 5.74) is 6.47. The molecule has 1 aliphatic rings. The minimum Gasteiger partial charge on any atom is -0.365 e. The van der Waals surface area contributed by atoms with Gasteiger partial charge in [0, 0.05) is 26.2 Å². The van der Waals surface area contributed by atoms with Crippen LogP contribution in [0.4, 0.5) is 5.69 Å². The third kappa shape index (κ3) is 1.87. The maximum Gasteiger partial charge on any atom is 0.282 e. The van der Waals surface area contributed by atoms with Crippen LogP contribution in [0.5, 0.6) is 0 Å². The Morgan fingerprint density at radius 2 is 2.44 bits per heavy atom. The lowest BCUT2D eigenvalue weighted by Gasteiger charge is -2.26. The van der Waals surface area contributed by atoms with Crippen molar-refractivity contribution in [2.45, 2.75) is 18.9 Å². The van der Waals surface area contributed by atoms with Gasteiger partial charge in [-0.2, -0.15) is 5.10 Å². The van der Waals surface area contributed by atoms with Crippen molar-refractivity contribution in [2.24, 2.45) is 12.8 Å². The van der Waals surface area contributed by atoms with Gasteiger partial charge in [0.15, 0.2) is 0 Å². The van der Waals surface area contributed by atoms with Crippen molar-refractivity contribution in [3.63, 3.8) is 0 Å². The molecule has 16 heavy (non-hydrogen) atoms. The van der Waals surface area contributed by atoms with Crippen LogP contribution in [-0.4, -0.2) is 28.9 Å². The monoisotopic (exact) mass is 286 g/mol. The van der Waals surface area contributed by atoms with Gasteiger partial charge in [0.05, 0.1) is 11.9 Å². The van der Waals surface area contributed by atoms with E-state index in [2.05, 4.69) is 25.9 Å². The molecule has 1 saturated heterocycles. The minimum atomic E-state index is -0.111. The van der Waals surface area contributed by atoms with Gasteiger partial charge in [-0.3, -0.25) is 4.79 Å². The number of hydrogen-bond acceptors (Lipinski definition) is 4. The molecule has 0 radical (unpaired) electrons. The number of anilines is 1. The molecule has 0 spiro atoms. The molecule has 6 heteroatoms. The molecule has 0 amide bonds. The molecule has 88 valence electrons. The fourth-order valence-corrected chi connectivity index (χ4v) is 2.69. The summed E-state index contributed by atoms with van der Waals surface area (Å²) in [7, 11) is 1.64. The first kappa shape index (κ1) is 11.6. The molecular formula is C10H15BrN4O. The van der Waals surface area contributed by atoms with Gasteiger partial charge in [0.25, 0.3) is 5.56 Å². The van der Waals surface area contributed by atoms with Crippen molar-refractivity contribution < 1.29 is 0 Å². The summed E-state index contributed by atoms with van der Waals surface area (Å²) in [6.07, 6.45) is 3.92. The Balaban J connectivity index is 2.41. The number of halogens is 1. The van der Waals surface area contributed by atoms with E-state index < -0.39 is 0 Å². The lowest BCUT2D eigenvalue weighted by atomic mass is 10.2. The molecule has 2 N–H and O–H groups in total. The normalized spacial score (nSPS) is 20.4. The van der Waals surface area contributed by atoms with Gasteiger partial charge in [-0.05, 0) is 28.8 Å². The van der Waals surface area contributed by atoms with E-state index >= 15 is 0 Å². The number of aromatic nitrogens is 2. The lowest BCUT2D eigenvalue weighted by molar-refractivity contribution is 0.660. The molecule has 1 aliphatic heterocycles. The Kier molecular flexibility index (Phi) is 3.30. The second-order valence-electron chi connectivity index (χ2n) is 4.00. The van der Waals surface area contributed by atoms with Crippen molar-refractivity contribution in [1.29, 1.82) is 0 Å². The van der Waals surface area contributed by atoms with Crippen LogP contribution in [0, 0.1) is 0 Å². The van der Waals surface area contributed by atoms with Crippen molar-refractivity contribution in [2.75, 3.05) is 18.0 Å². The Morgan fingerprint density at radius 1 is 1.69 bits per heavy atom. The molecule has 2 heterocycles. The fraction of sp³-hybridized carbons (Fsp3) is 0.600. The average molecular weight is 287 g/mol. The van der Waals surface area contributed by atoms with Crippen LogP contribution in [0.25, 0.3) is 0 Å². The van der Waals surface area contributed by atoms with E-state index in [1.807, 2.05) is 0 Å². The molecule has 0 bridgehead atoms. The van der Waals surface area contributed by atoms with Crippen molar-refractivity contribution in [1.82, 2.24) is 9.78 Å². The van der Waals surface area contributed by atoms with Gasteiger partial charge < -0.3 is 10.6 Å². The smallest absolute Gasteiger partial charge is 0.282 e. The molecule has 0 aromatic carbocycles. The highest BCUT2D eigenvalue weighted by atomic mass is 79.9. The maximum atomic E-state index is 11.7. The van der Waals surface area contributed by atoms with Crippen LogP contribution in [0.3, 0.4) is 0 Å². The van der Waals surface area contributed by atoms with E-state index in [-0.39, 0.29) is 5.56 Å². The fourth-order valence-electron chi connectivity index (χ4n) is 2.10. The molecule has 0 saturated carbocycles. The highest BCUT2D eigenvalue weighted by molar-refractivity contribution is 9.10. The van der Waals surface area contributed by atoms with Crippen LogP contribution in [0.2, 0.25) is 0 Å². The van der Waals surface area contributed by atoms with Crippen LogP contribution in [0.15, 0.2) is 15.5 Å². The topological polar surface area (TPSA) is 64.2 Å². The van der Waals surface area contributed by atoms with E-state index in [0.717, 1.165) is 25.1 Å². The summed E-state index contributed by atoms with van der Waals surface area (Å²) in [4.78, 5) is 13.9. The SMILES string of the molecule is Cn1ncc(N2CCCC2CN)c(Br)c1=O. The Morgan fingerprint density at radius 3 is 3.12 bits per heavy atom. The highest BCUT2D eigenvalue weighted by Gasteiger charge is 2.26. The van der Waals surface area contributed by atoms with E-state index in [9.17, 15) is 4.79 Å². The molecular weight excluding hydrogens is 272 g/mol. The van der Waals surface area contributed by atoms with Gasteiger partial charge in [-0.1, -0.05) is 0 Å². The van der Waals surface area contributed by atoms with E-state index in [0.29, 0.717) is 17.1 Å². The Bertz CT molecular complexity index is 445. The number of rotatable bonds is 2. The van der Waals surface area contributed by atoms with E-state index in [1.54, 1.807) is 13.2 Å². The largest absolute Gasteiger partial charge is 0.365 e. The standard InChI is InChI=1S/C10H15BrN4O/c1-14-10(16)9(11)8(6-13-14)15-4-2-3-7(15)5-12/h6-7H,2-5,12H2,1H3. The third-order valence-corrected chi connectivity index (χ3v) is 3.76. The number of hydrogen-bond donors (Lipinski definition) is 1. The maximum absolute atomic E-state index is 11.7. The molecule has 2 rings (SSSR count). The van der Waals surface area contributed by atoms with Crippen LogP contribution in [0.1, 0.15) is 12.8 Å². The first-order chi connectivity index (χ1) is 7.65. The van der Waals surface area contributed by atoms with Crippen molar-refractivity contribution in [3.05, 3.63) is 21.0 Å². The van der Waals surface area contributed by atoms with Gasteiger partial charge in [-0.15, -0.1) is 0 Å². The summed E-state index contributed by atoms with van der Waals surface area (Å²) in [6.45, 7) is 1.55. The van der Waals surface area contributed by atoms with Gasteiger partial charge in [-0.25, -0.2) is 4.68 Å². The molecule has 1 aromatic rings. The zero-order valence-corrected chi connectivity index (χ0v) is 10.8. The molecule has 1 unspecified atom stereocenters. The molecule has 0 aliphatic carbocycles. The molecule has 1 aromatic heterocycles. The second-order valence-corrected chi connectivity index (χ2v) is 4.79. The first-order valence-electron chi connectivity index (χ1n) is 5.33. The average Bonchev–Trinajstić information content (AvgIpc) is 2.74. The third-order valence-electron chi connectivity index (χ3n) is 3.02. The first-order valence-corrected chi connectivity index (χ1v) is 6.13. The van der Waals surface area contributed by atoms with Gasteiger partial charge in [0.2, 0.25) is 0 Å². The zero-order chi connectivity index (χ0) is 11.7. The van der Waals surface area contributed by atoms with Crippen molar-refractivity contribution in [3.8, 4) is 0 Å². The summed E-state index contributed by atoms with van der Waals surface area (Å²) in [5, 5.41) is 4.04. The van der Waals surface area contributed by atoms with Crippen molar-refractivity contribution >= 4 is 21.6 Å². The van der Waals surface area contributed by atoms with E-state index in [4.69, 9.17) is 5.73 Å². The van der Waals surface area contributed by atoms with Crippen LogP contribution >= 0.6 is 15.9 Å². The highest BCUT2D eigenvalue weighted by Crippen LogP contribution is 2.28. The Hall–Kier alpha value is -0.880. The number of aryl methyl sites for hydroxylation is 1. The van der Waals surface area contributed by atoms with E-state index in [1.165, 1.54) is 4.68 Å². The Labute approximate surface area is 102 Å². The second kappa shape index (κ2) is 4.55. The predicted octanol–water partition coefficient (Wildman–Crippen LogP) is 0.470. The van der Waals surface area contributed by atoms with Gasteiger partial charge >= 0.3 is 0 Å². The quantitative estimate of drug-likeness (QED) is 0.859. The number of nitrogens with two attached hydrogens (primary N) is 1. The molecule has 1 atom stereocenters. The molecule has 1 fully saturated rings. The van der Waals surface area contributed by atoms with Crippen LogP contribution in [-0.2, 0) is 7.05 Å². The predicted molar refractivity (Wildman–Crippen MR) is 66.6 cm³/mol. The summed E-state index contributed by atoms with van der Waals surface area (Å²) in [5.74, 6) is 0. The molecule has 5 nitrogen and oxygen atoms in total. The van der Waals surface area contributed by atoms with Gasteiger partial charge in [0.1, 0.15) is 4.47 Å². The minimum absolute atomic E-state index is 0.111. The summed E-state index contributed by atoms with van der Waals surface area (Å²) in [6, 6.07) is 0.324. The number of nitrogens with zero attached hydrogens (tertiary/aromatic N) is 3. The van der Waals surface area contributed by atoms with Crippen LogP contribution < -0.4 is 16.2 Å². The summed E-state index contributed by atoms with van der Waals surface area (Å²) >= 11 is 3.34. The zero-order valence-electron chi connectivity index (χ0n) is 9.19.